The largest absolute Gasteiger partial charge is 0.405 e. The van der Waals surface area contributed by atoms with Gasteiger partial charge in [0.2, 0.25) is 0 Å². The maximum Gasteiger partial charge on any atom is 0.274 e. The van der Waals surface area contributed by atoms with Crippen LogP contribution in [0.25, 0.3) is 16.5 Å². The standard InChI is InChI=1S/C28H34FN5O2S/c1-5-18(2)20(10-13-30)21-7-8-24-22(26(21)29)16-23(27(35)34(24)3)32-25-9-6-19(17-31-25)33-28(37-4)11-14-36-15-12-28/h6-10,13,16-17,33H,5,11-12,14-15,30H2,1-4H3,(H,31,32)/b13-10-,20-18-. The number of nitrogens with one attached hydrogen (secondary N) is 2. The van der Waals surface area contributed by atoms with E-state index in [1.54, 1.807) is 49.3 Å². The Balaban J connectivity index is 1.67. The van der Waals surface area contributed by atoms with Crippen LogP contribution in [0.4, 0.5) is 21.6 Å². The Morgan fingerprint density at radius 1 is 1.30 bits per heavy atom. The summed E-state index contributed by atoms with van der Waals surface area (Å²) in [5, 5.41) is 7.01. The van der Waals surface area contributed by atoms with E-state index in [-0.39, 0.29) is 16.1 Å². The Labute approximate surface area is 221 Å². The van der Waals surface area contributed by atoms with E-state index in [1.165, 1.54) is 10.8 Å². The number of benzene rings is 1. The van der Waals surface area contributed by atoms with E-state index >= 15 is 4.39 Å². The van der Waals surface area contributed by atoms with E-state index < -0.39 is 5.82 Å². The number of pyridine rings is 2. The molecular weight excluding hydrogens is 489 g/mol. The highest BCUT2D eigenvalue weighted by molar-refractivity contribution is 8.00. The Kier molecular flexibility index (Phi) is 8.24. The molecule has 7 nitrogen and oxygen atoms in total. The molecule has 3 aromatic rings. The van der Waals surface area contributed by atoms with Gasteiger partial charge >= 0.3 is 0 Å². The summed E-state index contributed by atoms with van der Waals surface area (Å²) < 4.78 is 22.8. The van der Waals surface area contributed by atoms with Crippen molar-refractivity contribution in [2.45, 2.75) is 38.0 Å². The minimum absolute atomic E-state index is 0.0824. The third kappa shape index (κ3) is 5.52. The van der Waals surface area contributed by atoms with Crippen molar-refractivity contribution >= 4 is 45.4 Å². The zero-order valence-corrected chi connectivity index (χ0v) is 22.5. The number of nitrogens with zero attached hydrogens (tertiary/aromatic N) is 2. The molecular formula is C28H34FN5O2S. The van der Waals surface area contributed by atoms with Gasteiger partial charge in [-0.1, -0.05) is 12.5 Å². The molecule has 1 aromatic carbocycles. The van der Waals surface area contributed by atoms with E-state index in [2.05, 4.69) is 21.9 Å². The molecule has 0 spiro atoms. The van der Waals surface area contributed by atoms with Crippen LogP contribution in [0.3, 0.4) is 0 Å². The molecule has 0 bridgehead atoms. The molecule has 1 saturated heterocycles. The van der Waals surface area contributed by atoms with Crippen LogP contribution < -0.4 is 21.9 Å². The lowest BCUT2D eigenvalue weighted by atomic mass is 9.96. The van der Waals surface area contributed by atoms with Gasteiger partial charge in [0.15, 0.2) is 0 Å². The molecule has 0 atom stereocenters. The maximum absolute atomic E-state index is 15.8. The van der Waals surface area contributed by atoms with Crippen LogP contribution in [0.5, 0.6) is 0 Å². The zero-order chi connectivity index (χ0) is 26.6. The predicted molar refractivity (Wildman–Crippen MR) is 153 cm³/mol. The first-order valence-electron chi connectivity index (χ1n) is 12.4. The number of hydrogen-bond donors (Lipinski definition) is 3. The van der Waals surface area contributed by atoms with Gasteiger partial charge in [0.1, 0.15) is 17.3 Å². The summed E-state index contributed by atoms with van der Waals surface area (Å²) >= 11 is 1.78. The van der Waals surface area contributed by atoms with E-state index in [0.29, 0.717) is 22.3 Å². The minimum atomic E-state index is -0.400. The lowest BCUT2D eigenvalue weighted by Gasteiger charge is -2.37. The molecule has 9 heteroatoms. The van der Waals surface area contributed by atoms with Crippen molar-refractivity contribution in [1.29, 1.82) is 0 Å². The molecule has 37 heavy (non-hydrogen) atoms. The Hall–Kier alpha value is -3.30. The Morgan fingerprint density at radius 3 is 2.68 bits per heavy atom. The quantitative estimate of drug-likeness (QED) is 0.255. The zero-order valence-electron chi connectivity index (χ0n) is 21.7. The molecule has 0 unspecified atom stereocenters. The first kappa shape index (κ1) is 26.8. The molecule has 3 heterocycles. The second kappa shape index (κ2) is 11.4. The van der Waals surface area contributed by atoms with Crippen LogP contribution in [-0.2, 0) is 11.8 Å². The highest BCUT2D eigenvalue weighted by Gasteiger charge is 2.31. The summed E-state index contributed by atoms with van der Waals surface area (Å²) in [6.45, 7) is 5.42. The second-order valence-corrected chi connectivity index (χ2v) is 10.4. The van der Waals surface area contributed by atoms with E-state index in [4.69, 9.17) is 10.5 Å². The fourth-order valence-corrected chi connectivity index (χ4v) is 5.37. The van der Waals surface area contributed by atoms with E-state index in [9.17, 15) is 4.79 Å². The smallest absolute Gasteiger partial charge is 0.274 e. The average Bonchev–Trinajstić information content (AvgIpc) is 2.92. The summed E-state index contributed by atoms with van der Waals surface area (Å²) in [6, 6.07) is 8.76. The van der Waals surface area contributed by atoms with Crippen LogP contribution in [0, 0.1) is 5.82 Å². The van der Waals surface area contributed by atoms with Crippen LogP contribution >= 0.6 is 11.8 Å². The lowest BCUT2D eigenvalue weighted by molar-refractivity contribution is 0.0834. The molecule has 4 rings (SSSR count). The SMILES string of the molecule is CC/C(C)=C(/C=C\N)c1ccc2c(cc(Nc3ccc(NC4(SC)CCOCC4)cn3)c(=O)n2C)c1F. The lowest BCUT2D eigenvalue weighted by Crippen LogP contribution is -2.40. The topological polar surface area (TPSA) is 94.2 Å². The van der Waals surface area contributed by atoms with Crippen molar-refractivity contribution in [2.24, 2.45) is 12.8 Å². The van der Waals surface area contributed by atoms with Crippen molar-refractivity contribution in [2.75, 3.05) is 30.1 Å². The number of allylic oxidation sites excluding steroid dienone is 3. The van der Waals surface area contributed by atoms with Crippen molar-refractivity contribution in [1.82, 2.24) is 9.55 Å². The monoisotopic (exact) mass is 523 g/mol. The highest BCUT2D eigenvalue weighted by atomic mass is 32.2. The number of aromatic nitrogens is 2. The number of halogens is 1. The second-order valence-electron chi connectivity index (χ2n) is 9.18. The van der Waals surface area contributed by atoms with Crippen LogP contribution in [0.2, 0.25) is 0 Å². The number of fused-ring (bicyclic) bond motifs is 1. The molecule has 1 fully saturated rings. The molecule has 1 aliphatic heterocycles. The number of ether oxygens (including phenoxy) is 1. The molecule has 0 saturated carbocycles. The van der Waals surface area contributed by atoms with Crippen molar-refractivity contribution in [3.05, 3.63) is 76.1 Å². The summed E-state index contributed by atoms with van der Waals surface area (Å²) in [5.74, 6) is 0.0978. The van der Waals surface area contributed by atoms with Crippen molar-refractivity contribution in [3.63, 3.8) is 0 Å². The van der Waals surface area contributed by atoms with Gasteiger partial charge in [-0.25, -0.2) is 9.37 Å². The number of anilines is 3. The molecule has 4 N–H and O–H groups in total. The fraction of sp³-hybridized carbons (Fsp3) is 0.357. The van der Waals surface area contributed by atoms with Crippen LogP contribution in [-0.4, -0.2) is 33.9 Å². The van der Waals surface area contributed by atoms with Gasteiger partial charge in [0.25, 0.3) is 5.56 Å². The van der Waals surface area contributed by atoms with Gasteiger partial charge in [0.05, 0.1) is 22.3 Å². The molecule has 2 aromatic heterocycles. The number of aryl methyl sites for hydroxylation is 1. The molecule has 1 aliphatic rings. The number of nitrogens with two attached hydrogens (primary N) is 1. The normalized spacial score (nSPS) is 16.1. The molecule has 196 valence electrons. The van der Waals surface area contributed by atoms with E-state index in [0.717, 1.165) is 49.3 Å². The average molecular weight is 524 g/mol. The van der Waals surface area contributed by atoms with Gasteiger partial charge in [-0.3, -0.25) is 4.79 Å². The van der Waals surface area contributed by atoms with Gasteiger partial charge in [-0.2, -0.15) is 0 Å². The van der Waals surface area contributed by atoms with Crippen LogP contribution in [0.15, 0.2) is 59.2 Å². The van der Waals surface area contributed by atoms with Crippen molar-refractivity contribution in [3.8, 4) is 0 Å². The number of thioether (sulfide) groups is 1. The summed E-state index contributed by atoms with van der Waals surface area (Å²) in [4.78, 5) is 17.5. The molecule has 0 aliphatic carbocycles. The molecule has 0 amide bonds. The highest BCUT2D eigenvalue weighted by Crippen LogP contribution is 2.35. The third-order valence-corrected chi connectivity index (χ3v) is 8.27. The Morgan fingerprint density at radius 2 is 2.05 bits per heavy atom. The maximum atomic E-state index is 15.8. The summed E-state index contributed by atoms with van der Waals surface area (Å²) in [6.07, 6.45) is 9.54. The fourth-order valence-electron chi connectivity index (χ4n) is 4.58. The first-order valence-corrected chi connectivity index (χ1v) is 13.6. The van der Waals surface area contributed by atoms with Gasteiger partial charge in [-0.15, -0.1) is 11.8 Å². The number of rotatable bonds is 8. The van der Waals surface area contributed by atoms with Gasteiger partial charge in [-0.05, 0) is 67.8 Å². The van der Waals surface area contributed by atoms with Gasteiger partial charge < -0.3 is 25.7 Å². The third-order valence-electron chi connectivity index (χ3n) is 6.97. The summed E-state index contributed by atoms with van der Waals surface area (Å²) in [5.41, 5.74) is 9.23. The molecule has 0 radical (unpaired) electrons. The van der Waals surface area contributed by atoms with E-state index in [1.807, 2.05) is 26.0 Å². The predicted octanol–water partition coefficient (Wildman–Crippen LogP) is 5.75. The van der Waals surface area contributed by atoms with Crippen LogP contribution in [0.1, 0.15) is 38.7 Å². The number of hydrogen-bond acceptors (Lipinski definition) is 7. The van der Waals surface area contributed by atoms with Crippen molar-refractivity contribution < 1.29 is 9.13 Å². The minimum Gasteiger partial charge on any atom is -0.405 e. The first-order chi connectivity index (χ1) is 17.8. The van der Waals surface area contributed by atoms with Gasteiger partial charge in [0, 0.05) is 44.1 Å². The summed E-state index contributed by atoms with van der Waals surface area (Å²) in [7, 11) is 1.64. The Bertz CT molecular complexity index is 1390.